The Bertz CT molecular complexity index is 779. The van der Waals surface area contributed by atoms with Crippen LogP contribution in [0.25, 0.3) is 0 Å². The Morgan fingerprint density at radius 1 is 1.16 bits per heavy atom. The number of nitrogens with two attached hydrogens (primary N) is 1. The fourth-order valence-corrected chi connectivity index (χ4v) is 3.89. The highest BCUT2D eigenvalue weighted by Crippen LogP contribution is 2.30. The molecule has 1 amide bonds. The molecule has 2 heterocycles. The van der Waals surface area contributed by atoms with Crippen LogP contribution in [0.2, 0.25) is 0 Å². The Kier molecular flexibility index (Phi) is 4.45. The molecule has 1 saturated heterocycles. The molecule has 0 atom stereocenters. The summed E-state index contributed by atoms with van der Waals surface area (Å²) in [5.41, 5.74) is 10.2. The van der Waals surface area contributed by atoms with Gasteiger partial charge in [0.1, 0.15) is 5.75 Å². The maximum absolute atomic E-state index is 12.8. The van der Waals surface area contributed by atoms with E-state index in [1.54, 1.807) is 0 Å². The minimum Gasteiger partial charge on any atom is -0.493 e. The van der Waals surface area contributed by atoms with Crippen molar-refractivity contribution < 1.29 is 9.53 Å². The monoisotopic (exact) mass is 336 g/mol. The Morgan fingerprint density at radius 3 is 2.80 bits per heavy atom. The van der Waals surface area contributed by atoms with E-state index in [-0.39, 0.29) is 5.91 Å². The summed E-state index contributed by atoms with van der Waals surface area (Å²) >= 11 is 0. The number of piperidine rings is 1. The van der Waals surface area contributed by atoms with Crippen molar-refractivity contribution >= 4 is 5.91 Å². The predicted molar refractivity (Wildman–Crippen MR) is 97.9 cm³/mol. The summed E-state index contributed by atoms with van der Waals surface area (Å²) in [5, 5.41) is 0. The highest BCUT2D eigenvalue weighted by molar-refractivity contribution is 5.94. The molecule has 2 aromatic carbocycles. The largest absolute Gasteiger partial charge is 0.493 e. The standard InChI is InChI=1S/C21H24N2O2/c22-14-15-2-1-3-17(12-15)16-6-9-23(10-7-16)21(24)19-4-5-20-18(13-19)8-11-25-20/h1-5,12-13,16H,6-11,14,22H2. The van der Waals surface area contributed by atoms with Gasteiger partial charge in [-0.25, -0.2) is 0 Å². The van der Waals surface area contributed by atoms with Crippen LogP contribution >= 0.6 is 0 Å². The first-order valence-corrected chi connectivity index (χ1v) is 9.08. The van der Waals surface area contributed by atoms with Crippen LogP contribution < -0.4 is 10.5 Å². The Morgan fingerprint density at radius 2 is 2.00 bits per heavy atom. The molecule has 0 aromatic heterocycles. The molecule has 0 radical (unpaired) electrons. The van der Waals surface area contributed by atoms with E-state index in [0.717, 1.165) is 55.8 Å². The molecule has 0 unspecified atom stereocenters. The van der Waals surface area contributed by atoms with Crippen LogP contribution in [0.3, 0.4) is 0 Å². The molecule has 4 rings (SSSR count). The van der Waals surface area contributed by atoms with E-state index in [2.05, 4.69) is 24.3 Å². The molecule has 0 aliphatic carbocycles. The van der Waals surface area contributed by atoms with Crippen LogP contribution in [0, 0.1) is 0 Å². The zero-order valence-corrected chi connectivity index (χ0v) is 14.4. The van der Waals surface area contributed by atoms with Gasteiger partial charge < -0.3 is 15.4 Å². The van der Waals surface area contributed by atoms with Gasteiger partial charge in [-0.05, 0) is 53.6 Å². The van der Waals surface area contributed by atoms with Crippen molar-refractivity contribution in [1.29, 1.82) is 0 Å². The van der Waals surface area contributed by atoms with Crippen molar-refractivity contribution in [3.05, 3.63) is 64.7 Å². The quantitative estimate of drug-likeness (QED) is 0.937. The Balaban J connectivity index is 1.42. The lowest BCUT2D eigenvalue weighted by molar-refractivity contribution is 0.0713. The lowest BCUT2D eigenvalue weighted by atomic mass is 9.88. The van der Waals surface area contributed by atoms with Gasteiger partial charge in [-0.2, -0.15) is 0 Å². The van der Waals surface area contributed by atoms with Crippen LogP contribution in [-0.4, -0.2) is 30.5 Å². The molecule has 2 N–H and O–H groups in total. The number of nitrogens with zero attached hydrogens (tertiary/aromatic N) is 1. The molecule has 2 aliphatic rings. The van der Waals surface area contributed by atoms with Crippen LogP contribution in [0.1, 0.15) is 45.8 Å². The van der Waals surface area contributed by atoms with E-state index in [9.17, 15) is 4.79 Å². The number of carbonyl (C=O) groups excluding carboxylic acids is 1. The molecule has 0 saturated carbocycles. The van der Waals surface area contributed by atoms with E-state index >= 15 is 0 Å². The number of ether oxygens (including phenoxy) is 1. The summed E-state index contributed by atoms with van der Waals surface area (Å²) in [5.74, 6) is 1.59. The number of hydrogen-bond acceptors (Lipinski definition) is 3. The normalized spacial score (nSPS) is 17.2. The first-order chi connectivity index (χ1) is 12.2. The van der Waals surface area contributed by atoms with E-state index in [1.807, 2.05) is 23.1 Å². The number of rotatable bonds is 3. The van der Waals surface area contributed by atoms with E-state index in [4.69, 9.17) is 10.5 Å². The lowest BCUT2D eigenvalue weighted by Gasteiger charge is -2.32. The van der Waals surface area contributed by atoms with Crippen molar-refractivity contribution in [3.8, 4) is 5.75 Å². The van der Waals surface area contributed by atoms with Crippen molar-refractivity contribution in [3.63, 3.8) is 0 Å². The smallest absolute Gasteiger partial charge is 0.253 e. The summed E-state index contributed by atoms with van der Waals surface area (Å²) in [6, 6.07) is 14.4. The highest BCUT2D eigenvalue weighted by Gasteiger charge is 2.25. The minimum atomic E-state index is 0.142. The van der Waals surface area contributed by atoms with E-state index in [0.29, 0.717) is 12.5 Å². The van der Waals surface area contributed by atoms with Crippen molar-refractivity contribution in [1.82, 2.24) is 4.90 Å². The number of likely N-dealkylation sites (tertiary alicyclic amines) is 1. The van der Waals surface area contributed by atoms with Crippen LogP contribution in [0.15, 0.2) is 42.5 Å². The summed E-state index contributed by atoms with van der Waals surface area (Å²) < 4.78 is 5.53. The third kappa shape index (κ3) is 3.27. The fourth-order valence-electron chi connectivity index (χ4n) is 3.89. The molecule has 1 fully saturated rings. The first kappa shape index (κ1) is 16.2. The van der Waals surface area contributed by atoms with Crippen LogP contribution in [0.4, 0.5) is 0 Å². The maximum Gasteiger partial charge on any atom is 0.253 e. The van der Waals surface area contributed by atoms with E-state index < -0.39 is 0 Å². The van der Waals surface area contributed by atoms with Gasteiger partial charge in [0.25, 0.3) is 5.91 Å². The van der Waals surface area contributed by atoms with Crippen molar-refractivity contribution in [2.75, 3.05) is 19.7 Å². The highest BCUT2D eigenvalue weighted by atomic mass is 16.5. The van der Waals surface area contributed by atoms with Gasteiger partial charge in [-0.3, -0.25) is 4.79 Å². The number of amides is 1. The molecular weight excluding hydrogens is 312 g/mol. The summed E-state index contributed by atoms with van der Waals surface area (Å²) in [6.45, 7) is 2.92. The molecule has 2 aromatic rings. The molecular formula is C21H24N2O2. The van der Waals surface area contributed by atoms with Crippen molar-refractivity contribution in [2.24, 2.45) is 5.73 Å². The Hall–Kier alpha value is -2.33. The first-order valence-electron chi connectivity index (χ1n) is 9.08. The van der Waals surface area contributed by atoms with Gasteiger partial charge in [0.15, 0.2) is 0 Å². The molecule has 130 valence electrons. The molecule has 0 bridgehead atoms. The van der Waals surface area contributed by atoms with E-state index in [1.165, 1.54) is 11.1 Å². The summed E-state index contributed by atoms with van der Waals surface area (Å²) in [6.07, 6.45) is 2.91. The maximum atomic E-state index is 12.8. The second-order valence-electron chi connectivity index (χ2n) is 6.94. The summed E-state index contributed by atoms with van der Waals surface area (Å²) in [4.78, 5) is 14.8. The molecule has 2 aliphatic heterocycles. The van der Waals surface area contributed by atoms with Gasteiger partial charge in [0.05, 0.1) is 6.61 Å². The van der Waals surface area contributed by atoms with Gasteiger partial charge in [-0.1, -0.05) is 24.3 Å². The average Bonchev–Trinajstić information content (AvgIpc) is 3.15. The topological polar surface area (TPSA) is 55.6 Å². The number of carbonyl (C=O) groups is 1. The SMILES string of the molecule is NCc1cccc(C2CCN(C(=O)c3ccc4c(c3)CCO4)CC2)c1. The molecule has 4 nitrogen and oxygen atoms in total. The van der Waals surface area contributed by atoms with Gasteiger partial charge >= 0.3 is 0 Å². The number of fused-ring (bicyclic) bond motifs is 1. The second kappa shape index (κ2) is 6.89. The molecule has 0 spiro atoms. The number of hydrogen-bond donors (Lipinski definition) is 1. The van der Waals surface area contributed by atoms with Gasteiger partial charge in [0, 0.05) is 31.6 Å². The number of benzene rings is 2. The predicted octanol–water partition coefficient (Wildman–Crippen LogP) is 3.10. The zero-order valence-electron chi connectivity index (χ0n) is 14.4. The molecule has 4 heteroatoms. The fraction of sp³-hybridized carbons (Fsp3) is 0.381. The van der Waals surface area contributed by atoms with Crippen molar-refractivity contribution in [2.45, 2.75) is 31.7 Å². The Labute approximate surface area is 148 Å². The third-order valence-corrected chi connectivity index (χ3v) is 5.38. The third-order valence-electron chi connectivity index (χ3n) is 5.38. The van der Waals surface area contributed by atoms with Gasteiger partial charge in [0.2, 0.25) is 0 Å². The summed E-state index contributed by atoms with van der Waals surface area (Å²) in [7, 11) is 0. The minimum absolute atomic E-state index is 0.142. The zero-order chi connectivity index (χ0) is 17.2. The lowest BCUT2D eigenvalue weighted by Crippen LogP contribution is -2.38. The van der Waals surface area contributed by atoms with Crippen LogP contribution in [0.5, 0.6) is 5.75 Å². The molecule has 25 heavy (non-hydrogen) atoms. The average molecular weight is 336 g/mol. The van der Waals surface area contributed by atoms with Gasteiger partial charge in [-0.15, -0.1) is 0 Å². The second-order valence-corrected chi connectivity index (χ2v) is 6.94. The van der Waals surface area contributed by atoms with Crippen LogP contribution in [-0.2, 0) is 13.0 Å².